The molecule has 1 aromatic carbocycles. The monoisotopic (exact) mass is 373 g/mol. The first kappa shape index (κ1) is 19.2. The number of aryl methyl sites for hydroxylation is 1. The molecule has 2 heterocycles. The SMILES string of the molecule is COc1cc(C(=O)N[C@H](C)c2nncn2C)ccc1OC1CCN(C)CC1. The van der Waals surface area contributed by atoms with Crippen molar-refractivity contribution in [3.63, 3.8) is 0 Å². The Labute approximate surface area is 159 Å². The summed E-state index contributed by atoms with van der Waals surface area (Å²) in [7, 11) is 5.54. The van der Waals surface area contributed by atoms with Gasteiger partial charge in [0.05, 0.1) is 13.2 Å². The fraction of sp³-hybridized carbons (Fsp3) is 0.526. The average Bonchev–Trinajstić information content (AvgIpc) is 3.10. The van der Waals surface area contributed by atoms with Crippen LogP contribution in [0.4, 0.5) is 0 Å². The van der Waals surface area contributed by atoms with Crippen LogP contribution in [0.2, 0.25) is 0 Å². The van der Waals surface area contributed by atoms with E-state index < -0.39 is 0 Å². The maximum absolute atomic E-state index is 12.6. The van der Waals surface area contributed by atoms with Gasteiger partial charge in [-0.25, -0.2) is 0 Å². The molecule has 3 rings (SSSR count). The van der Waals surface area contributed by atoms with Crippen molar-refractivity contribution in [1.82, 2.24) is 25.0 Å². The number of benzene rings is 1. The molecule has 0 radical (unpaired) electrons. The third kappa shape index (κ3) is 4.57. The molecule has 1 N–H and O–H groups in total. The van der Waals surface area contributed by atoms with Crippen LogP contribution in [0, 0.1) is 0 Å². The maximum Gasteiger partial charge on any atom is 0.252 e. The van der Waals surface area contributed by atoms with Gasteiger partial charge in [-0.1, -0.05) is 0 Å². The van der Waals surface area contributed by atoms with Crippen LogP contribution in [0.25, 0.3) is 0 Å². The number of carbonyl (C=O) groups is 1. The molecule has 0 spiro atoms. The van der Waals surface area contributed by atoms with Crippen molar-refractivity contribution in [2.75, 3.05) is 27.2 Å². The molecule has 27 heavy (non-hydrogen) atoms. The Morgan fingerprint density at radius 2 is 2.00 bits per heavy atom. The summed E-state index contributed by atoms with van der Waals surface area (Å²) in [6, 6.07) is 5.01. The van der Waals surface area contributed by atoms with Crippen LogP contribution < -0.4 is 14.8 Å². The van der Waals surface area contributed by atoms with Crippen LogP contribution in [-0.2, 0) is 7.05 Å². The fourth-order valence-electron chi connectivity index (χ4n) is 3.22. The molecule has 8 heteroatoms. The Kier molecular flexibility index (Phi) is 5.95. The van der Waals surface area contributed by atoms with Crippen LogP contribution >= 0.6 is 0 Å². The third-order valence-electron chi connectivity index (χ3n) is 4.87. The highest BCUT2D eigenvalue weighted by Gasteiger charge is 2.21. The van der Waals surface area contributed by atoms with Gasteiger partial charge in [-0.2, -0.15) is 0 Å². The lowest BCUT2D eigenvalue weighted by atomic mass is 10.1. The lowest BCUT2D eigenvalue weighted by Gasteiger charge is -2.29. The van der Waals surface area contributed by atoms with Gasteiger partial charge in [0, 0.05) is 25.7 Å². The number of piperidine rings is 1. The first-order valence-corrected chi connectivity index (χ1v) is 9.16. The highest BCUT2D eigenvalue weighted by atomic mass is 16.5. The molecular formula is C19H27N5O3. The second kappa shape index (κ2) is 8.39. The number of nitrogens with zero attached hydrogens (tertiary/aromatic N) is 4. The smallest absolute Gasteiger partial charge is 0.252 e. The van der Waals surface area contributed by atoms with Gasteiger partial charge in [-0.3, -0.25) is 4.79 Å². The highest BCUT2D eigenvalue weighted by molar-refractivity contribution is 5.95. The van der Waals surface area contributed by atoms with Crippen LogP contribution in [0.3, 0.4) is 0 Å². The average molecular weight is 373 g/mol. The van der Waals surface area contributed by atoms with Crippen molar-refractivity contribution in [3.05, 3.63) is 35.9 Å². The minimum atomic E-state index is -0.258. The topological polar surface area (TPSA) is 81.5 Å². The summed E-state index contributed by atoms with van der Waals surface area (Å²) < 4.78 is 13.3. The number of likely N-dealkylation sites (tertiary alicyclic amines) is 1. The van der Waals surface area contributed by atoms with Crippen molar-refractivity contribution in [2.24, 2.45) is 7.05 Å². The number of aromatic nitrogens is 3. The lowest BCUT2D eigenvalue weighted by Crippen LogP contribution is -2.35. The van der Waals surface area contributed by atoms with E-state index in [9.17, 15) is 4.79 Å². The molecular weight excluding hydrogens is 346 g/mol. The van der Waals surface area contributed by atoms with E-state index in [1.807, 2.05) is 14.0 Å². The van der Waals surface area contributed by atoms with E-state index in [0.717, 1.165) is 25.9 Å². The summed E-state index contributed by atoms with van der Waals surface area (Å²) in [5.41, 5.74) is 0.511. The van der Waals surface area contributed by atoms with Crippen LogP contribution in [0.5, 0.6) is 11.5 Å². The van der Waals surface area contributed by atoms with Gasteiger partial charge in [-0.15, -0.1) is 10.2 Å². The Morgan fingerprint density at radius 1 is 1.26 bits per heavy atom. The molecule has 2 aromatic rings. The van der Waals surface area contributed by atoms with Crippen molar-refractivity contribution < 1.29 is 14.3 Å². The molecule has 0 bridgehead atoms. The van der Waals surface area contributed by atoms with Crippen LogP contribution in [0.1, 0.15) is 42.0 Å². The molecule has 1 aromatic heterocycles. The van der Waals surface area contributed by atoms with Gasteiger partial charge >= 0.3 is 0 Å². The molecule has 8 nitrogen and oxygen atoms in total. The summed E-state index contributed by atoms with van der Waals surface area (Å²) in [6.07, 6.45) is 3.75. The van der Waals surface area contributed by atoms with Gasteiger partial charge in [0.2, 0.25) is 0 Å². The van der Waals surface area contributed by atoms with E-state index in [1.165, 1.54) is 0 Å². The second-order valence-corrected chi connectivity index (χ2v) is 6.98. The lowest BCUT2D eigenvalue weighted by molar-refractivity contribution is 0.0936. The van der Waals surface area contributed by atoms with E-state index in [4.69, 9.17) is 9.47 Å². The zero-order valence-electron chi connectivity index (χ0n) is 16.3. The minimum absolute atomic E-state index is 0.172. The van der Waals surface area contributed by atoms with Crippen molar-refractivity contribution in [1.29, 1.82) is 0 Å². The zero-order chi connectivity index (χ0) is 19.4. The second-order valence-electron chi connectivity index (χ2n) is 6.98. The van der Waals surface area contributed by atoms with E-state index in [0.29, 0.717) is 22.9 Å². The molecule has 0 unspecified atom stereocenters. The van der Waals surface area contributed by atoms with Gasteiger partial charge in [-0.05, 0) is 45.0 Å². The molecule has 1 atom stereocenters. The Balaban J connectivity index is 1.67. The van der Waals surface area contributed by atoms with Gasteiger partial charge in [0.25, 0.3) is 5.91 Å². The summed E-state index contributed by atoms with van der Waals surface area (Å²) in [6.45, 7) is 3.91. The number of ether oxygens (including phenoxy) is 2. The van der Waals surface area contributed by atoms with Crippen molar-refractivity contribution >= 4 is 5.91 Å². The predicted octanol–water partition coefficient (Wildman–Crippen LogP) is 1.79. The molecule has 1 fully saturated rings. The normalized spacial score (nSPS) is 16.7. The van der Waals surface area contributed by atoms with Gasteiger partial charge < -0.3 is 24.3 Å². The number of hydrogen-bond acceptors (Lipinski definition) is 6. The molecule has 1 aliphatic heterocycles. The fourth-order valence-corrected chi connectivity index (χ4v) is 3.22. The summed E-state index contributed by atoms with van der Waals surface area (Å²) in [4.78, 5) is 14.9. The van der Waals surface area contributed by atoms with Gasteiger partial charge in [0.15, 0.2) is 17.3 Å². The zero-order valence-corrected chi connectivity index (χ0v) is 16.3. The molecule has 1 amide bonds. The summed E-state index contributed by atoms with van der Waals surface area (Å²) in [5, 5.41) is 10.8. The van der Waals surface area contributed by atoms with E-state index in [2.05, 4.69) is 27.5 Å². The summed E-state index contributed by atoms with van der Waals surface area (Å²) >= 11 is 0. The minimum Gasteiger partial charge on any atom is -0.493 e. The number of amides is 1. The van der Waals surface area contributed by atoms with Crippen molar-refractivity contribution in [2.45, 2.75) is 31.9 Å². The third-order valence-corrected chi connectivity index (χ3v) is 4.87. The number of hydrogen-bond donors (Lipinski definition) is 1. The molecule has 146 valence electrons. The standard InChI is InChI=1S/C19H27N5O3/c1-13(18-22-20-12-24(18)3)21-19(25)14-5-6-16(17(11-14)26-4)27-15-7-9-23(2)10-8-15/h5-6,11-13,15H,7-10H2,1-4H3,(H,21,25)/t13-/m1/s1. The number of rotatable bonds is 6. The molecule has 0 saturated carbocycles. The van der Waals surface area contributed by atoms with Gasteiger partial charge in [0.1, 0.15) is 12.4 Å². The maximum atomic E-state index is 12.6. The first-order valence-electron chi connectivity index (χ1n) is 9.16. The van der Waals surface area contributed by atoms with Crippen LogP contribution in [-0.4, -0.2) is 58.9 Å². The Hall–Kier alpha value is -2.61. The highest BCUT2D eigenvalue weighted by Crippen LogP contribution is 2.30. The summed E-state index contributed by atoms with van der Waals surface area (Å²) in [5.74, 6) is 1.73. The number of methoxy groups -OCH3 is 1. The van der Waals surface area contributed by atoms with E-state index >= 15 is 0 Å². The largest absolute Gasteiger partial charge is 0.493 e. The Morgan fingerprint density at radius 3 is 2.63 bits per heavy atom. The molecule has 1 aliphatic rings. The number of carbonyl (C=O) groups excluding carboxylic acids is 1. The molecule has 1 saturated heterocycles. The van der Waals surface area contributed by atoms with E-state index in [1.54, 1.807) is 36.2 Å². The van der Waals surface area contributed by atoms with E-state index in [-0.39, 0.29) is 18.1 Å². The first-order chi connectivity index (χ1) is 13.0. The molecule has 0 aliphatic carbocycles. The quantitative estimate of drug-likeness (QED) is 0.831. The predicted molar refractivity (Wildman–Crippen MR) is 101 cm³/mol. The number of nitrogens with one attached hydrogen (secondary N) is 1. The van der Waals surface area contributed by atoms with Crippen LogP contribution in [0.15, 0.2) is 24.5 Å². The van der Waals surface area contributed by atoms with Crippen molar-refractivity contribution in [3.8, 4) is 11.5 Å². The Bertz CT molecular complexity index is 783.